The highest BCUT2D eigenvalue weighted by Crippen LogP contribution is 2.28. The topological polar surface area (TPSA) is 30.5 Å². The molecule has 1 fully saturated rings. The number of hydrogen-bond acceptors (Lipinski definition) is 3. The van der Waals surface area contributed by atoms with E-state index in [1.54, 1.807) is 7.11 Å². The molecule has 1 saturated carbocycles. The summed E-state index contributed by atoms with van der Waals surface area (Å²) in [5.74, 6) is 1.76. The average molecular weight is 277 g/mol. The van der Waals surface area contributed by atoms with Crippen molar-refractivity contribution in [1.82, 2.24) is 5.32 Å². The molecule has 3 heteroatoms. The molecule has 0 heterocycles. The molecule has 1 aromatic rings. The monoisotopic (exact) mass is 277 g/mol. The number of benzene rings is 1. The maximum atomic E-state index is 5.86. The van der Waals surface area contributed by atoms with Crippen LogP contribution in [0.25, 0.3) is 0 Å². The van der Waals surface area contributed by atoms with Gasteiger partial charge in [-0.25, -0.2) is 0 Å². The van der Waals surface area contributed by atoms with Gasteiger partial charge in [0.1, 0.15) is 5.75 Å². The number of hydrogen-bond donors (Lipinski definition) is 1. The zero-order valence-corrected chi connectivity index (χ0v) is 12.7. The van der Waals surface area contributed by atoms with Crippen LogP contribution in [0.3, 0.4) is 0 Å². The van der Waals surface area contributed by atoms with Gasteiger partial charge >= 0.3 is 0 Å². The van der Waals surface area contributed by atoms with Crippen LogP contribution in [0.5, 0.6) is 5.75 Å². The van der Waals surface area contributed by atoms with Crippen molar-refractivity contribution in [2.45, 2.75) is 38.1 Å². The largest absolute Gasteiger partial charge is 0.494 e. The van der Waals surface area contributed by atoms with Crippen molar-refractivity contribution in [1.29, 1.82) is 0 Å². The summed E-state index contributed by atoms with van der Waals surface area (Å²) in [4.78, 5) is 0. The first kappa shape index (κ1) is 15.3. The summed E-state index contributed by atoms with van der Waals surface area (Å²) >= 11 is 0. The third-order valence-electron chi connectivity index (χ3n) is 4.31. The Morgan fingerprint density at radius 3 is 2.65 bits per heavy atom. The standard InChI is InChI=1S/C17H27NO2/c1-18-17-5-3-4-15(17)11-13-20-16-8-6-14(7-9-16)10-12-19-2/h6-9,15,17-18H,3-5,10-13H2,1-2H3. The van der Waals surface area contributed by atoms with Gasteiger partial charge in [0.25, 0.3) is 0 Å². The Labute approximate surface area is 122 Å². The Bertz CT molecular complexity index is 377. The molecule has 1 aliphatic rings. The molecule has 0 aliphatic heterocycles. The van der Waals surface area contributed by atoms with E-state index in [1.165, 1.54) is 24.8 Å². The first-order valence-corrected chi connectivity index (χ1v) is 7.71. The van der Waals surface area contributed by atoms with Crippen molar-refractivity contribution < 1.29 is 9.47 Å². The van der Waals surface area contributed by atoms with Crippen LogP contribution in [0.4, 0.5) is 0 Å². The second-order valence-electron chi connectivity index (χ2n) is 5.61. The molecule has 0 radical (unpaired) electrons. The van der Waals surface area contributed by atoms with E-state index in [0.717, 1.165) is 37.7 Å². The van der Waals surface area contributed by atoms with Crippen LogP contribution in [-0.4, -0.2) is 33.4 Å². The van der Waals surface area contributed by atoms with Gasteiger partial charge in [0.15, 0.2) is 0 Å². The second-order valence-corrected chi connectivity index (χ2v) is 5.61. The molecule has 2 atom stereocenters. The summed E-state index contributed by atoms with van der Waals surface area (Å²) in [5, 5.41) is 3.42. The lowest BCUT2D eigenvalue weighted by Crippen LogP contribution is -2.29. The first-order valence-electron chi connectivity index (χ1n) is 7.71. The van der Waals surface area contributed by atoms with Gasteiger partial charge in [-0.2, -0.15) is 0 Å². The molecule has 2 rings (SSSR count). The molecule has 0 spiro atoms. The van der Waals surface area contributed by atoms with Crippen molar-refractivity contribution >= 4 is 0 Å². The van der Waals surface area contributed by atoms with Gasteiger partial charge in [-0.3, -0.25) is 0 Å². The highest BCUT2D eigenvalue weighted by molar-refractivity contribution is 5.27. The minimum absolute atomic E-state index is 0.690. The molecule has 2 unspecified atom stereocenters. The average Bonchev–Trinajstić information content (AvgIpc) is 2.94. The van der Waals surface area contributed by atoms with Gasteiger partial charge in [0.05, 0.1) is 13.2 Å². The summed E-state index contributed by atoms with van der Waals surface area (Å²) in [5.41, 5.74) is 1.30. The lowest BCUT2D eigenvalue weighted by Gasteiger charge is -2.18. The van der Waals surface area contributed by atoms with Gasteiger partial charge in [0.2, 0.25) is 0 Å². The van der Waals surface area contributed by atoms with E-state index in [1.807, 2.05) is 0 Å². The van der Waals surface area contributed by atoms with E-state index < -0.39 is 0 Å². The fraction of sp³-hybridized carbons (Fsp3) is 0.647. The van der Waals surface area contributed by atoms with Crippen LogP contribution >= 0.6 is 0 Å². The van der Waals surface area contributed by atoms with Gasteiger partial charge < -0.3 is 14.8 Å². The fourth-order valence-electron chi connectivity index (χ4n) is 3.06. The molecule has 20 heavy (non-hydrogen) atoms. The molecule has 0 amide bonds. The van der Waals surface area contributed by atoms with Crippen LogP contribution in [0, 0.1) is 5.92 Å². The van der Waals surface area contributed by atoms with Crippen LogP contribution in [0.1, 0.15) is 31.2 Å². The van der Waals surface area contributed by atoms with Crippen molar-refractivity contribution in [3.05, 3.63) is 29.8 Å². The van der Waals surface area contributed by atoms with Crippen LogP contribution in [-0.2, 0) is 11.2 Å². The maximum absolute atomic E-state index is 5.86. The summed E-state index contributed by atoms with van der Waals surface area (Å²) < 4.78 is 10.9. The van der Waals surface area contributed by atoms with Crippen LogP contribution in [0.15, 0.2) is 24.3 Å². The van der Waals surface area contributed by atoms with Crippen molar-refractivity contribution in [3.8, 4) is 5.75 Å². The number of ether oxygens (including phenoxy) is 2. The molecular formula is C17H27NO2. The third-order valence-corrected chi connectivity index (χ3v) is 4.31. The molecule has 1 N–H and O–H groups in total. The predicted octanol–water partition coefficient (Wildman–Crippen LogP) is 3.03. The lowest BCUT2D eigenvalue weighted by atomic mass is 10.0. The van der Waals surface area contributed by atoms with Gasteiger partial charge in [-0.05, 0) is 56.3 Å². The summed E-state index contributed by atoms with van der Waals surface area (Å²) in [6.07, 6.45) is 6.12. The van der Waals surface area contributed by atoms with E-state index in [0.29, 0.717) is 6.04 Å². The molecule has 0 saturated heterocycles. The van der Waals surface area contributed by atoms with Crippen LogP contribution in [0.2, 0.25) is 0 Å². The summed E-state index contributed by atoms with van der Waals surface area (Å²) in [6.45, 7) is 1.59. The number of rotatable bonds is 8. The Balaban J connectivity index is 1.71. The molecule has 0 aromatic heterocycles. The minimum atomic E-state index is 0.690. The smallest absolute Gasteiger partial charge is 0.119 e. The van der Waals surface area contributed by atoms with Crippen molar-refractivity contribution in [2.75, 3.05) is 27.4 Å². The molecule has 112 valence electrons. The fourth-order valence-corrected chi connectivity index (χ4v) is 3.06. The Kier molecular flexibility index (Phi) is 6.34. The van der Waals surface area contributed by atoms with Gasteiger partial charge in [-0.15, -0.1) is 0 Å². The Morgan fingerprint density at radius 1 is 1.15 bits per heavy atom. The van der Waals surface area contributed by atoms with Crippen molar-refractivity contribution in [2.24, 2.45) is 5.92 Å². The zero-order valence-electron chi connectivity index (χ0n) is 12.7. The van der Waals surface area contributed by atoms with E-state index in [2.05, 4.69) is 36.6 Å². The highest BCUT2D eigenvalue weighted by atomic mass is 16.5. The second kappa shape index (κ2) is 8.28. The molecule has 3 nitrogen and oxygen atoms in total. The maximum Gasteiger partial charge on any atom is 0.119 e. The minimum Gasteiger partial charge on any atom is -0.494 e. The molecule has 1 aliphatic carbocycles. The zero-order chi connectivity index (χ0) is 14.2. The Hall–Kier alpha value is -1.06. The third kappa shape index (κ3) is 4.50. The quantitative estimate of drug-likeness (QED) is 0.792. The SMILES string of the molecule is CNC1CCCC1CCOc1ccc(CCOC)cc1. The van der Waals surface area contributed by atoms with E-state index in [4.69, 9.17) is 9.47 Å². The highest BCUT2D eigenvalue weighted by Gasteiger charge is 2.25. The van der Waals surface area contributed by atoms with E-state index in [9.17, 15) is 0 Å². The molecule has 0 bridgehead atoms. The first-order chi connectivity index (χ1) is 9.83. The number of methoxy groups -OCH3 is 1. The lowest BCUT2D eigenvalue weighted by molar-refractivity contribution is 0.202. The molecule has 1 aromatic carbocycles. The van der Waals surface area contributed by atoms with Gasteiger partial charge in [0, 0.05) is 13.2 Å². The predicted molar refractivity (Wildman–Crippen MR) is 82.3 cm³/mol. The summed E-state index contributed by atoms with van der Waals surface area (Å²) in [6, 6.07) is 9.07. The normalized spacial score (nSPS) is 22.1. The number of nitrogens with one attached hydrogen (secondary N) is 1. The van der Waals surface area contributed by atoms with E-state index in [-0.39, 0.29) is 0 Å². The Morgan fingerprint density at radius 2 is 1.95 bits per heavy atom. The molecular weight excluding hydrogens is 250 g/mol. The van der Waals surface area contributed by atoms with Crippen molar-refractivity contribution in [3.63, 3.8) is 0 Å². The van der Waals surface area contributed by atoms with Crippen LogP contribution < -0.4 is 10.1 Å². The summed E-state index contributed by atoms with van der Waals surface area (Å²) in [7, 11) is 3.81. The van der Waals surface area contributed by atoms with Gasteiger partial charge in [-0.1, -0.05) is 18.6 Å². The van der Waals surface area contributed by atoms with E-state index >= 15 is 0 Å².